The summed E-state index contributed by atoms with van der Waals surface area (Å²) in [6.45, 7) is 5.18. The van der Waals surface area contributed by atoms with E-state index in [1.807, 2.05) is 7.05 Å². The maximum atomic E-state index is 5.38. The Hall–Kier alpha value is -1.82. The molecule has 20 heavy (non-hydrogen) atoms. The summed E-state index contributed by atoms with van der Waals surface area (Å²) in [4.78, 5) is 9.74. The highest BCUT2D eigenvalue weighted by Gasteiger charge is 2.22. The third-order valence-corrected chi connectivity index (χ3v) is 4.37. The monoisotopic (exact) mass is 292 g/mol. The number of aromatic nitrogens is 2. The first kappa shape index (κ1) is 14.6. The van der Waals surface area contributed by atoms with E-state index in [-0.39, 0.29) is 5.41 Å². The molecule has 0 aliphatic carbocycles. The maximum absolute atomic E-state index is 5.38. The van der Waals surface area contributed by atoms with E-state index in [9.17, 15) is 0 Å². The van der Waals surface area contributed by atoms with Gasteiger partial charge in [-0.15, -0.1) is 11.3 Å². The van der Waals surface area contributed by atoms with Crippen LogP contribution in [0.3, 0.4) is 0 Å². The first-order valence-electron chi connectivity index (χ1n) is 6.43. The SMILES string of the molecule is CNc1ncnc(NCC(C)(C)c2cccs2)c1OC. The highest BCUT2D eigenvalue weighted by molar-refractivity contribution is 7.10. The number of hydrogen-bond acceptors (Lipinski definition) is 6. The van der Waals surface area contributed by atoms with Crippen LogP contribution in [-0.4, -0.2) is 30.7 Å². The molecule has 0 aliphatic heterocycles. The summed E-state index contributed by atoms with van der Waals surface area (Å²) in [7, 11) is 3.43. The normalized spacial score (nSPS) is 11.2. The number of thiophene rings is 1. The van der Waals surface area contributed by atoms with Crippen molar-refractivity contribution in [3.8, 4) is 5.75 Å². The lowest BCUT2D eigenvalue weighted by molar-refractivity contribution is 0.414. The van der Waals surface area contributed by atoms with E-state index in [4.69, 9.17) is 4.74 Å². The largest absolute Gasteiger partial charge is 0.490 e. The molecule has 0 saturated heterocycles. The number of nitrogens with one attached hydrogen (secondary N) is 2. The van der Waals surface area contributed by atoms with Crippen molar-refractivity contribution in [2.75, 3.05) is 31.3 Å². The summed E-state index contributed by atoms with van der Waals surface area (Å²) < 4.78 is 5.38. The maximum Gasteiger partial charge on any atom is 0.204 e. The minimum Gasteiger partial charge on any atom is -0.490 e. The molecule has 6 heteroatoms. The van der Waals surface area contributed by atoms with E-state index in [0.717, 1.165) is 6.54 Å². The number of rotatable bonds is 6. The molecule has 2 rings (SSSR count). The highest BCUT2D eigenvalue weighted by Crippen LogP contribution is 2.31. The third kappa shape index (κ3) is 3.01. The highest BCUT2D eigenvalue weighted by atomic mass is 32.1. The predicted octanol–water partition coefficient (Wildman–Crippen LogP) is 2.98. The van der Waals surface area contributed by atoms with Crippen LogP contribution in [0.1, 0.15) is 18.7 Å². The van der Waals surface area contributed by atoms with Crippen LogP contribution >= 0.6 is 11.3 Å². The van der Waals surface area contributed by atoms with Crippen LogP contribution in [0.15, 0.2) is 23.8 Å². The molecule has 0 radical (unpaired) electrons. The molecule has 0 unspecified atom stereocenters. The Kier molecular flexibility index (Phi) is 4.44. The number of anilines is 2. The summed E-state index contributed by atoms with van der Waals surface area (Å²) in [5.74, 6) is 2.02. The predicted molar refractivity (Wildman–Crippen MR) is 84.0 cm³/mol. The molecule has 0 aliphatic rings. The van der Waals surface area contributed by atoms with Crippen LogP contribution in [0, 0.1) is 0 Å². The van der Waals surface area contributed by atoms with E-state index < -0.39 is 0 Å². The van der Waals surface area contributed by atoms with Crippen molar-refractivity contribution in [1.29, 1.82) is 0 Å². The Morgan fingerprint density at radius 2 is 2.05 bits per heavy atom. The van der Waals surface area contributed by atoms with Crippen molar-refractivity contribution in [2.24, 2.45) is 0 Å². The van der Waals surface area contributed by atoms with E-state index in [1.54, 1.807) is 18.4 Å². The molecular weight excluding hydrogens is 272 g/mol. The van der Waals surface area contributed by atoms with Crippen molar-refractivity contribution >= 4 is 23.0 Å². The number of hydrogen-bond donors (Lipinski definition) is 2. The van der Waals surface area contributed by atoms with Crippen LogP contribution in [0.5, 0.6) is 5.75 Å². The molecule has 2 aromatic rings. The van der Waals surface area contributed by atoms with Gasteiger partial charge in [-0.05, 0) is 11.4 Å². The summed E-state index contributed by atoms with van der Waals surface area (Å²) >= 11 is 1.77. The van der Waals surface area contributed by atoms with Gasteiger partial charge in [-0.3, -0.25) is 0 Å². The van der Waals surface area contributed by atoms with Crippen molar-refractivity contribution < 1.29 is 4.74 Å². The average Bonchev–Trinajstić information content (AvgIpc) is 2.99. The lowest BCUT2D eigenvalue weighted by Crippen LogP contribution is -2.27. The molecule has 2 aromatic heterocycles. The van der Waals surface area contributed by atoms with Gasteiger partial charge in [-0.25, -0.2) is 9.97 Å². The van der Waals surface area contributed by atoms with Gasteiger partial charge in [0.25, 0.3) is 0 Å². The first-order valence-corrected chi connectivity index (χ1v) is 7.31. The Morgan fingerprint density at radius 1 is 1.30 bits per heavy atom. The third-order valence-electron chi connectivity index (χ3n) is 3.13. The summed E-state index contributed by atoms with van der Waals surface area (Å²) in [6.07, 6.45) is 1.52. The van der Waals surface area contributed by atoms with Crippen LogP contribution in [-0.2, 0) is 5.41 Å². The van der Waals surface area contributed by atoms with Gasteiger partial charge in [-0.2, -0.15) is 0 Å². The molecule has 2 N–H and O–H groups in total. The topological polar surface area (TPSA) is 59.1 Å². The molecule has 0 atom stereocenters. The molecule has 108 valence electrons. The van der Waals surface area contributed by atoms with Crippen molar-refractivity contribution in [1.82, 2.24) is 9.97 Å². The molecular formula is C14H20N4OS. The van der Waals surface area contributed by atoms with Crippen molar-refractivity contribution in [2.45, 2.75) is 19.3 Å². The quantitative estimate of drug-likeness (QED) is 0.857. The zero-order valence-corrected chi connectivity index (χ0v) is 13.0. The molecule has 2 heterocycles. The number of nitrogens with zero attached hydrogens (tertiary/aromatic N) is 2. The second kappa shape index (κ2) is 6.09. The van der Waals surface area contributed by atoms with Gasteiger partial charge >= 0.3 is 0 Å². The van der Waals surface area contributed by atoms with Gasteiger partial charge in [0.1, 0.15) is 6.33 Å². The molecule has 0 amide bonds. The van der Waals surface area contributed by atoms with Gasteiger partial charge in [0, 0.05) is 23.9 Å². The Bertz CT molecular complexity index is 554. The fraction of sp³-hybridized carbons (Fsp3) is 0.429. The lowest BCUT2D eigenvalue weighted by atomic mass is 9.91. The van der Waals surface area contributed by atoms with Gasteiger partial charge in [0.15, 0.2) is 11.6 Å². The zero-order chi connectivity index (χ0) is 14.6. The van der Waals surface area contributed by atoms with E-state index in [2.05, 4.69) is 52.0 Å². The molecule has 0 saturated carbocycles. The summed E-state index contributed by atoms with van der Waals surface area (Å²) in [5, 5.41) is 8.45. The average molecular weight is 292 g/mol. The molecule has 0 bridgehead atoms. The lowest BCUT2D eigenvalue weighted by Gasteiger charge is -2.24. The smallest absolute Gasteiger partial charge is 0.204 e. The Morgan fingerprint density at radius 3 is 2.65 bits per heavy atom. The molecule has 0 aromatic carbocycles. The van der Waals surface area contributed by atoms with E-state index in [0.29, 0.717) is 17.4 Å². The molecule has 0 fully saturated rings. The Labute approximate surface area is 123 Å². The Balaban J connectivity index is 2.15. The second-order valence-corrected chi connectivity index (χ2v) is 6.02. The number of ether oxygens (including phenoxy) is 1. The first-order chi connectivity index (χ1) is 9.58. The van der Waals surface area contributed by atoms with Crippen molar-refractivity contribution in [3.05, 3.63) is 28.7 Å². The van der Waals surface area contributed by atoms with E-state index in [1.165, 1.54) is 11.2 Å². The van der Waals surface area contributed by atoms with Crippen LogP contribution in [0.25, 0.3) is 0 Å². The second-order valence-electron chi connectivity index (χ2n) is 5.07. The minimum atomic E-state index is 0.0317. The van der Waals surface area contributed by atoms with Gasteiger partial charge in [-0.1, -0.05) is 19.9 Å². The fourth-order valence-corrected chi connectivity index (χ4v) is 2.78. The van der Waals surface area contributed by atoms with Crippen LogP contribution in [0.2, 0.25) is 0 Å². The van der Waals surface area contributed by atoms with Gasteiger partial charge in [0.2, 0.25) is 5.75 Å². The van der Waals surface area contributed by atoms with Crippen molar-refractivity contribution in [3.63, 3.8) is 0 Å². The summed E-state index contributed by atoms with van der Waals surface area (Å²) in [5.41, 5.74) is 0.0317. The molecule has 5 nitrogen and oxygen atoms in total. The van der Waals surface area contributed by atoms with Gasteiger partial charge < -0.3 is 15.4 Å². The summed E-state index contributed by atoms with van der Waals surface area (Å²) in [6, 6.07) is 4.23. The standard InChI is InChI=1S/C14H20N4OS/c1-14(2,10-6-5-7-20-10)8-16-13-11(19-4)12(15-3)17-9-18-13/h5-7,9H,8H2,1-4H3,(H2,15,16,17,18). The van der Waals surface area contributed by atoms with Crippen LogP contribution in [0.4, 0.5) is 11.6 Å². The minimum absolute atomic E-state index is 0.0317. The van der Waals surface area contributed by atoms with E-state index >= 15 is 0 Å². The fourth-order valence-electron chi connectivity index (χ4n) is 1.93. The van der Waals surface area contributed by atoms with Gasteiger partial charge in [0.05, 0.1) is 7.11 Å². The molecule has 0 spiro atoms. The number of methoxy groups -OCH3 is 1. The van der Waals surface area contributed by atoms with Crippen LogP contribution < -0.4 is 15.4 Å². The zero-order valence-electron chi connectivity index (χ0n) is 12.2.